The summed E-state index contributed by atoms with van der Waals surface area (Å²) in [6, 6.07) is 15.2. The highest BCUT2D eigenvalue weighted by atomic mass is 16.4. The molecule has 2 aromatic rings. The van der Waals surface area contributed by atoms with Crippen LogP contribution >= 0.6 is 0 Å². The first kappa shape index (κ1) is 15.3. The second-order valence-corrected chi connectivity index (χ2v) is 5.32. The van der Waals surface area contributed by atoms with Crippen LogP contribution in [-0.4, -0.2) is 17.1 Å². The van der Waals surface area contributed by atoms with Gasteiger partial charge in [0, 0.05) is 6.54 Å². The molecule has 0 aliphatic carbocycles. The summed E-state index contributed by atoms with van der Waals surface area (Å²) < 4.78 is 0. The predicted molar refractivity (Wildman–Crippen MR) is 84.3 cm³/mol. The molecule has 0 aliphatic heterocycles. The highest BCUT2D eigenvalue weighted by Crippen LogP contribution is 2.13. The monoisotopic (exact) mass is 283 g/mol. The van der Waals surface area contributed by atoms with E-state index in [0.717, 1.165) is 11.1 Å². The van der Waals surface area contributed by atoms with Crippen LogP contribution < -0.4 is 5.32 Å². The third-order valence-corrected chi connectivity index (χ3v) is 3.84. The van der Waals surface area contributed by atoms with E-state index in [0.29, 0.717) is 13.0 Å². The van der Waals surface area contributed by atoms with Crippen molar-refractivity contribution in [3.8, 4) is 0 Å². The highest BCUT2D eigenvalue weighted by molar-refractivity contribution is 5.73. The van der Waals surface area contributed by atoms with Crippen LogP contribution in [0.25, 0.3) is 0 Å². The van der Waals surface area contributed by atoms with E-state index in [9.17, 15) is 9.90 Å². The smallest absolute Gasteiger partial charge is 0.321 e. The van der Waals surface area contributed by atoms with Crippen molar-refractivity contribution in [2.75, 3.05) is 0 Å². The van der Waals surface area contributed by atoms with Crippen LogP contribution in [0.4, 0.5) is 0 Å². The van der Waals surface area contributed by atoms with Crippen molar-refractivity contribution in [2.24, 2.45) is 0 Å². The molecule has 2 rings (SSSR count). The van der Waals surface area contributed by atoms with Gasteiger partial charge in [0.15, 0.2) is 0 Å². The lowest BCUT2D eigenvalue weighted by Crippen LogP contribution is -2.38. The van der Waals surface area contributed by atoms with Gasteiger partial charge in [0.05, 0.1) is 0 Å². The zero-order valence-electron chi connectivity index (χ0n) is 12.5. The van der Waals surface area contributed by atoms with Crippen LogP contribution in [0, 0.1) is 13.8 Å². The van der Waals surface area contributed by atoms with Crippen molar-refractivity contribution in [2.45, 2.75) is 32.9 Å². The Morgan fingerprint density at radius 1 is 1.10 bits per heavy atom. The first-order chi connectivity index (χ1) is 10.1. The van der Waals surface area contributed by atoms with Crippen LogP contribution in [0.2, 0.25) is 0 Å². The molecular formula is C18H21NO2. The number of carbonyl (C=O) groups is 1. The second kappa shape index (κ2) is 7.04. The van der Waals surface area contributed by atoms with Crippen molar-refractivity contribution in [1.29, 1.82) is 0 Å². The van der Waals surface area contributed by atoms with Gasteiger partial charge in [-0.15, -0.1) is 0 Å². The molecule has 0 spiro atoms. The maximum atomic E-state index is 11.4. The maximum Gasteiger partial charge on any atom is 0.321 e. The van der Waals surface area contributed by atoms with E-state index in [-0.39, 0.29) is 0 Å². The molecule has 3 nitrogen and oxygen atoms in total. The SMILES string of the molecule is Cc1cccc(CN[C@@H](Cc2ccccc2)C(=O)O)c1C. The topological polar surface area (TPSA) is 49.3 Å². The molecule has 0 unspecified atom stereocenters. The van der Waals surface area contributed by atoms with E-state index in [2.05, 4.69) is 25.2 Å². The molecule has 0 amide bonds. The van der Waals surface area contributed by atoms with Gasteiger partial charge >= 0.3 is 5.97 Å². The molecular weight excluding hydrogens is 262 g/mol. The number of rotatable bonds is 6. The van der Waals surface area contributed by atoms with E-state index < -0.39 is 12.0 Å². The third kappa shape index (κ3) is 4.17. The molecule has 0 aromatic heterocycles. The van der Waals surface area contributed by atoms with Gasteiger partial charge in [0.1, 0.15) is 6.04 Å². The molecule has 110 valence electrons. The number of hydrogen-bond acceptors (Lipinski definition) is 2. The molecule has 0 fully saturated rings. The molecule has 2 N–H and O–H groups in total. The van der Waals surface area contributed by atoms with E-state index in [1.807, 2.05) is 42.5 Å². The largest absolute Gasteiger partial charge is 0.480 e. The van der Waals surface area contributed by atoms with E-state index in [1.54, 1.807) is 0 Å². The normalized spacial score (nSPS) is 12.1. The lowest BCUT2D eigenvalue weighted by molar-refractivity contribution is -0.139. The Balaban J connectivity index is 2.04. The van der Waals surface area contributed by atoms with Gasteiger partial charge in [-0.05, 0) is 42.5 Å². The van der Waals surface area contributed by atoms with Crippen molar-refractivity contribution in [3.63, 3.8) is 0 Å². The third-order valence-electron chi connectivity index (χ3n) is 3.84. The minimum Gasteiger partial charge on any atom is -0.480 e. The van der Waals surface area contributed by atoms with E-state index >= 15 is 0 Å². The molecule has 0 aliphatic rings. The van der Waals surface area contributed by atoms with Crippen LogP contribution in [0.15, 0.2) is 48.5 Å². The maximum absolute atomic E-state index is 11.4. The fourth-order valence-electron chi connectivity index (χ4n) is 2.33. The number of carboxylic acids is 1. The molecule has 0 saturated carbocycles. The van der Waals surface area contributed by atoms with E-state index in [4.69, 9.17) is 0 Å². The average molecular weight is 283 g/mol. The van der Waals surface area contributed by atoms with Crippen molar-refractivity contribution >= 4 is 5.97 Å². The van der Waals surface area contributed by atoms with Gasteiger partial charge < -0.3 is 10.4 Å². The minimum absolute atomic E-state index is 0.487. The van der Waals surface area contributed by atoms with Gasteiger partial charge in [0.25, 0.3) is 0 Å². The molecule has 2 aromatic carbocycles. The van der Waals surface area contributed by atoms with E-state index in [1.165, 1.54) is 11.1 Å². The Bertz CT molecular complexity index is 608. The summed E-state index contributed by atoms with van der Waals surface area (Å²) in [4.78, 5) is 11.4. The van der Waals surface area contributed by atoms with Gasteiger partial charge in [0.2, 0.25) is 0 Å². The summed E-state index contributed by atoms with van der Waals surface area (Å²) in [6.07, 6.45) is 0.487. The number of nitrogens with one attached hydrogen (secondary N) is 1. The Morgan fingerprint density at radius 2 is 1.81 bits per heavy atom. The summed E-state index contributed by atoms with van der Waals surface area (Å²) in [5, 5.41) is 12.5. The first-order valence-corrected chi connectivity index (χ1v) is 7.13. The first-order valence-electron chi connectivity index (χ1n) is 7.13. The minimum atomic E-state index is -0.816. The molecule has 0 heterocycles. The average Bonchev–Trinajstić information content (AvgIpc) is 2.48. The van der Waals surface area contributed by atoms with Crippen molar-refractivity contribution in [3.05, 3.63) is 70.8 Å². The van der Waals surface area contributed by atoms with Crippen LogP contribution in [-0.2, 0) is 17.8 Å². The van der Waals surface area contributed by atoms with Crippen LogP contribution in [0.1, 0.15) is 22.3 Å². The fourth-order valence-corrected chi connectivity index (χ4v) is 2.33. The van der Waals surface area contributed by atoms with Crippen molar-refractivity contribution in [1.82, 2.24) is 5.32 Å². The fraction of sp³-hybridized carbons (Fsp3) is 0.278. The standard InChI is InChI=1S/C18H21NO2/c1-13-7-6-10-16(14(13)2)12-19-17(18(20)21)11-15-8-4-3-5-9-15/h3-10,17,19H,11-12H2,1-2H3,(H,20,21)/t17-/m0/s1. The van der Waals surface area contributed by atoms with Gasteiger partial charge in [-0.1, -0.05) is 48.5 Å². The summed E-state index contributed by atoms with van der Waals surface area (Å²) in [7, 11) is 0. The molecule has 0 bridgehead atoms. The van der Waals surface area contributed by atoms with Crippen molar-refractivity contribution < 1.29 is 9.90 Å². The molecule has 0 radical (unpaired) electrons. The second-order valence-electron chi connectivity index (χ2n) is 5.32. The van der Waals surface area contributed by atoms with Crippen LogP contribution in [0.5, 0.6) is 0 Å². The number of aliphatic carboxylic acids is 1. The highest BCUT2D eigenvalue weighted by Gasteiger charge is 2.17. The number of benzene rings is 2. The zero-order valence-corrected chi connectivity index (χ0v) is 12.5. The Labute approximate surface area is 125 Å². The molecule has 21 heavy (non-hydrogen) atoms. The predicted octanol–water partition coefficient (Wildman–Crippen LogP) is 3.09. The molecule has 0 saturated heterocycles. The zero-order chi connectivity index (χ0) is 15.2. The summed E-state index contributed by atoms with van der Waals surface area (Å²) in [5.74, 6) is -0.816. The quantitative estimate of drug-likeness (QED) is 0.856. The number of hydrogen-bond donors (Lipinski definition) is 2. The lowest BCUT2D eigenvalue weighted by atomic mass is 10.0. The molecule has 1 atom stereocenters. The van der Waals surface area contributed by atoms with Gasteiger partial charge in [-0.3, -0.25) is 4.79 Å². The lowest BCUT2D eigenvalue weighted by Gasteiger charge is -2.16. The Kier molecular flexibility index (Phi) is 5.12. The number of aryl methyl sites for hydroxylation is 1. The summed E-state index contributed by atoms with van der Waals surface area (Å²) >= 11 is 0. The summed E-state index contributed by atoms with van der Waals surface area (Å²) in [6.45, 7) is 4.70. The van der Waals surface area contributed by atoms with Gasteiger partial charge in [-0.2, -0.15) is 0 Å². The Hall–Kier alpha value is -2.13. The van der Waals surface area contributed by atoms with Gasteiger partial charge in [-0.25, -0.2) is 0 Å². The molecule has 3 heteroatoms. The summed E-state index contributed by atoms with van der Waals surface area (Å²) in [5.41, 5.74) is 4.62. The van der Waals surface area contributed by atoms with Crippen LogP contribution in [0.3, 0.4) is 0 Å². The Morgan fingerprint density at radius 3 is 2.48 bits per heavy atom. The number of carboxylic acid groups (broad SMARTS) is 1.